The minimum absolute atomic E-state index is 0.0250. The first kappa shape index (κ1) is 13.5. The van der Waals surface area contributed by atoms with E-state index in [1.807, 2.05) is 0 Å². The summed E-state index contributed by atoms with van der Waals surface area (Å²) in [7, 11) is 1.34. The summed E-state index contributed by atoms with van der Waals surface area (Å²) >= 11 is -0.216. The van der Waals surface area contributed by atoms with Gasteiger partial charge in [-0.25, -0.2) is 0 Å². The average molecular weight is 350 g/mol. The number of benzene rings is 1. The summed E-state index contributed by atoms with van der Waals surface area (Å²) < 4.78 is 7.81. The van der Waals surface area contributed by atoms with Gasteiger partial charge in [0.05, 0.1) is 0 Å². The van der Waals surface area contributed by atoms with Gasteiger partial charge in [-0.1, -0.05) is 0 Å². The molecule has 3 aromatic rings. The van der Waals surface area contributed by atoms with Gasteiger partial charge in [-0.05, 0) is 0 Å². The van der Waals surface area contributed by atoms with Gasteiger partial charge in [0, 0.05) is 0 Å². The first-order chi connectivity index (χ1) is 10.1. The fraction of sp³-hybridized carbons (Fsp3) is 0.0769. The van der Waals surface area contributed by atoms with E-state index in [1.165, 1.54) is 19.2 Å². The Bertz CT molecular complexity index is 821. The molecule has 0 unspecified atom stereocenters. The molecule has 0 bridgehead atoms. The van der Waals surface area contributed by atoms with Gasteiger partial charge in [0.2, 0.25) is 0 Å². The van der Waals surface area contributed by atoms with Crippen LogP contribution in [0.3, 0.4) is 0 Å². The summed E-state index contributed by atoms with van der Waals surface area (Å²) in [5.41, 5.74) is 1.35. The van der Waals surface area contributed by atoms with E-state index >= 15 is 0 Å². The van der Waals surface area contributed by atoms with Crippen molar-refractivity contribution in [2.24, 2.45) is 0 Å². The second-order valence-corrected chi connectivity index (χ2v) is 6.33. The van der Waals surface area contributed by atoms with Crippen molar-refractivity contribution in [1.82, 2.24) is 9.38 Å². The number of imidazole rings is 1. The zero-order valence-corrected chi connectivity index (χ0v) is 12.6. The number of nitro groups is 1. The molecule has 1 aromatic carbocycles. The Morgan fingerprint density at radius 2 is 2.24 bits per heavy atom. The molecule has 0 saturated carbocycles. The van der Waals surface area contributed by atoms with Crippen LogP contribution in [0.1, 0.15) is 9.23 Å². The van der Waals surface area contributed by atoms with Crippen LogP contribution in [0.25, 0.3) is 15.8 Å². The van der Waals surface area contributed by atoms with Gasteiger partial charge < -0.3 is 0 Å². The van der Waals surface area contributed by atoms with Gasteiger partial charge in [-0.15, -0.1) is 0 Å². The van der Waals surface area contributed by atoms with Crippen LogP contribution in [-0.2, 0) is 4.74 Å². The zero-order valence-electron chi connectivity index (χ0n) is 10.8. The number of ether oxygens (including phenoxy) is 1. The van der Waals surface area contributed by atoms with Crippen LogP contribution in [0.5, 0.6) is 0 Å². The van der Waals surface area contributed by atoms with Crippen LogP contribution in [0.15, 0.2) is 36.7 Å². The number of hydrogen-bond donors (Lipinski definition) is 0. The van der Waals surface area contributed by atoms with Crippen molar-refractivity contribution >= 4 is 30.7 Å². The van der Waals surface area contributed by atoms with E-state index in [0.717, 1.165) is 4.52 Å². The summed E-state index contributed by atoms with van der Waals surface area (Å²) in [5.74, 6) is -0.350. The molecule has 8 heteroatoms. The van der Waals surface area contributed by atoms with Crippen LogP contribution < -0.4 is 0 Å². The number of hydrogen-bond acceptors (Lipinski definition) is 5. The minimum atomic E-state index is -0.438. The van der Waals surface area contributed by atoms with Crippen LogP contribution >= 0.6 is 0 Å². The third-order valence-electron chi connectivity index (χ3n) is 2.90. The fourth-order valence-electron chi connectivity index (χ4n) is 1.91. The Morgan fingerprint density at radius 3 is 2.90 bits per heavy atom. The Morgan fingerprint density at radius 1 is 1.43 bits per heavy atom. The number of nitro benzene ring substituents is 1. The van der Waals surface area contributed by atoms with E-state index in [-0.39, 0.29) is 26.2 Å². The van der Waals surface area contributed by atoms with Gasteiger partial charge in [0.25, 0.3) is 0 Å². The van der Waals surface area contributed by atoms with Crippen LogP contribution in [0.2, 0.25) is 0 Å². The van der Waals surface area contributed by atoms with Crippen molar-refractivity contribution in [3.8, 4) is 11.3 Å². The van der Waals surface area contributed by atoms with Gasteiger partial charge in [0.1, 0.15) is 0 Å². The second kappa shape index (κ2) is 5.16. The first-order valence-corrected chi connectivity index (χ1v) is 7.61. The number of fused-ring (bicyclic) bond motifs is 1. The average Bonchev–Trinajstić information content (AvgIpc) is 3.05. The van der Waals surface area contributed by atoms with Gasteiger partial charge in [0.15, 0.2) is 0 Å². The normalized spacial score (nSPS) is 10.7. The molecule has 0 N–H and O–H groups in total. The standard InChI is InChI=1S/C13H9N3O4Se/c1-20-12(17)11-7-15-6-10(14-13(15)21-11)8-3-2-4-9(5-8)16(18)19/h2-7H,1H3. The van der Waals surface area contributed by atoms with Crippen molar-refractivity contribution in [1.29, 1.82) is 0 Å². The molecule has 106 valence electrons. The van der Waals surface area contributed by atoms with E-state index in [9.17, 15) is 14.9 Å². The number of methoxy groups -OCH3 is 1. The quantitative estimate of drug-likeness (QED) is 0.311. The van der Waals surface area contributed by atoms with E-state index in [2.05, 4.69) is 9.72 Å². The molecule has 0 fully saturated rings. The van der Waals surface area contributed by atoms with Gasteiger partial charge >= 0.3 is 124 Å². The Balaban J connectivity index is 2.02. The summed E-state index contributed by atoms with van der Waals surface area (Å²) in [4.78, 5) is 26.3. The Hall–Kier alpha value is -2.44. The number of nitrogens with zero attached hydrogens (tertiary/aromatic N) is 3. The van der Waals surface area contributed by atoms with E-state index in [4.69, 9.17) is 0 Å². The van der Waals surface area contributed by atoms with Crippen molar-refractivity contribution in [3.63, 3.8) is 0 Å². The number of rotatable bonds is 3. The van der Waals surface area contributed by atoms with Gasteiger partial charge in [-0.2, -0.15) is 0 Å². The summed E-state index contributed by atoms with van der Waals surface area (Å²) in [6, 6.07) is 6.31. The molecule has 0 aliphatic carbocycles. The molecule has 0 aliphatic heterocycles. The van der Waals surface area contributed by atoms with E-state index in [1.54, 1.807) is 28.9 Å². The molecule has 0 amide bonds. The molecule has 0 saturated heterocycles. The Labute approximate surface area is 124 Å². The number of carbonyl (C=O) groups is 1. The number of non-ortho nitro benzene ring substituents is 1. The molecular weight excluding hydrogens is 341 g/mol. The van der Waals surface area contributed by atoms with E-state index in [0.29, 0.717) is 15.7 Å². The molecule has 3 rings (SSSR count). The van der Waals surface area contributed by atoms with Crippen LogP contribution in [0.4, 0.5) is 5.69 Å². The van der Waals surface area contributed by atoms with Crippen LogP contribution in [-0.4, -0.2) is 41.9 Å². The van der Waals surface area contributed by atoms with Gasteiger partial charge in [-0.3, -0.25) is 0 Å². The summed E-state index contributed by atoms with van der Waals surface area (Å²) in [6.45, 7) is 0. The monoisotopic (exact) mass is 351 g/mol. The van der Waals surface area contributed by atoms with Crippen molar-refractivity contribution in [2.45, 2.75) is 0 Å². The molecule has 0 spiro atoms. The third-order valence-corrected chi connectivity index (χ3v) is 4.94. The maximum absolute atomic E-state index is 11.5. The summed E-state index contributed by atoms with van der Waals surface area (Å²) in [5, 5.41) is 10.8. The molecule has 7 nitrogen and oxygen atoms in total. The fourth-order valence-corrected chi connectivity index (χ4v) is 3.76. The second-order valence-electron chi connectivity index (χ2n) is 4.21. The SMILES string of the molecule is COC(=O)c1cn2cc(-c3cccc([N+](=O)[O-])c3)nc2[se]1. The molecule has 0 radical (unpaired) electrons. The predicted molar refractivity (Wildman–Crippen MR) is 75.6 cm³/mol. The third kappa shape index (κ3) is 2.46. The molecular formula is C13H9N3O4Se. The molecule has 21 heavy (non-hydrogen) atoms. The number of esters is 1. The Kier molecular flexibility index (Phi) is 3.32. The zero-order chi connectivity index (χ0) is 15.0. The first-order valence-electron chi connectivity index (χ1n) is 5.90. The molecule has 2 heterocycles. The van der Waals surface area contributed by atoms with Crippen LogP contribution in [0, 0.1) is 10.1 Å². The predicted octanol–water partition coefficient (Wildman–Crippen LogP) is 1.75. The van der Waals surface area contributed by atoms with E-state index < -0.39 is 4.92 Å². The van der Waals surface area contributed by atoms with Crippen molar-refractivity contribution in [3.05, 3.63) is 51.2 Å². The number of aromatic nitrogens is 2. The maximum atomic E-state index is 11.5. The molecule has 0 aliphatic rings. The summed E-state index contributed by atoms with van der Waals surface area (Å²) in [6.07, 6.45) is 3.45. The van der Waals surface area contributed by atoms with Crippen molar-refractivity contribution < 1.29 is 14.5 Å². The topological polar surface area (TPSA) is 86.7 Å². The molecule has 2 aromatic heterocycles. The molecule has 0 atom stereocenters. The van der Waals surface area contributed by atoms with Crippen molar-refractivity contribution in [2.75, 3.05) is 7.11 Å². The number of carbonyl (C=O) groups excluding carboxylic acids is 1.